The van der Waals surface area contributed by atoms with Crippen LogP contribution in [0.15, 0.2) is 83.2 Å². The molecule has 11 heteroatoms. The predicted octanol–water partition coefficient (Wildman–Crippen LogP) is 3.83. The zero-order valence-electron chi connectivity index (χ0n) is 18.6. The summed E-state index contributed by atoms with van der Waals surface area (Å²) in [6, 6.07) is 22.5. The van der Waals surface area contributed by atoms with Crippen molar-refractivity contribution in [2.24, 2.45) is 0 Å². The van der Waals surface area contributed by atoms with Gasteiger partial charge < -0.3 is 5.32 Å². The van der Waals surface area contributed by atoms with Gasteiger partial charge in [0.05, 0.1) is 11.3 Å². The number of hydrogen-bond acceptors (Lipinski definition) is 7. The van der Waals surface area contributed by atoms with Gasteiger partial charge in [-0.25, -0.2) is 0 Å². The number of amides is 2. The maximum Gasteiger partial charge on any atom is 0.291 e. The summed E-state index contributed by atoms with van der Waals surface area (Å²) < 4.78 is 27.9. The molecule has 1 heterocycles. The second kappa shape index (κ2) is 10.5. The fourth-order valence-corrected chi connectivity index (χ4v) is 5.05. The van der Waals surface area contributed by atoms with E-state index in [-0.39, 0.29) is 20.7 Å². The van der Waals surface area contributed by atoms with E-state index >= 15 is 0 Å². The Morgan fingerprint density at radius 2 is 1.54 bits per heavy atom. The lowest BCUT2D eigenvalue weighted by Crippen LogP contribution is -2.25. The fraction of sp³-hybridized carbons (Fsp3) is 0.0833. The lowest BCUT2D eigenvalue weighted by molar-refractivity contribution is 0.0951. The van der Waals surface area contributed by atoms with E-state index in [0.29, 0.717) is 23.4 Å². The molecule has 1 aromatic heterocycles. The van der Waals surface area contributed by atoms with Gasteiger partial charge in [0.2, 0.25) is 5.13 Å². The summed E-state index contributed by atoms with van der Waals surface area (Å²) in [6.07, 6.45) is 0. The van der Waals surface area contributed by atoms with E-state index in [0.717, 1.165) is 11.1 Å². The van der Waals surface area contributed by atoms with E-state index in [1.807, 2.05) is 37.3 Å². The van der Waals surface area contributed by atoms with Gasteiger partial charge in [0.1, 0.15) is 0 Å². The first-order chi connectivity index (χ1) is 16.8. The molecule has 0 saturated carbocycles. The van der Waals surface area contributed by atoms with Crippen LogP contribution in [0.2, 0.25) is 0 Å². The van der Waals surface area contributed by atoms with Crippen LogP contribution in [0, 0.1) is 6.92 Å². The molecule has 4 rings (SSSR count). The number of benzene rings is 3. The third kappa shape index (κ3) is 6.08. The molecule has 0 aliphatic heterocycles. The summed E-state index contributed by atoms with van der Waals surface area (Å²) in [4.78, 5) is 25.1. The number of aryl methyl sites for hydroxylation is 1. The molecule has 3 aromatic carbocycles. The van der Waals surface area contributed by atoms with Crippen molar-refractivity contribution in [2.45, 2.75) is 17.8 Å². The monoisotopic (exact) mass is 507 g/mol. The number of carbonyl (C=O) groups excluding carboxylic acids is 2. The number of hydrogen-bond donors (Lipinski definition) is 3. The highest BCUT2D eigenvalue weighted by molar-refractivity contribution is 7.94. The molecule has 4 aromatic rings. The predicted molar refractivity (Wildman–Crippen MR) is 134 cm³/mol. The molecule has 9 nitrogen and oxygen atoms in total. The Labute approximate surface area is 206 Å². The average Bonchev–Trinajstić information content (AvgIpc) is 3.33. The Bertz CT molecular complexity index is 1450. The Hall–Kier alpha value is -4.09. The Kier molecular flexibility index (Phi) is 7.18. The van der Waals surface area contributed by atoms with Crippen molar-refractivity contribution in [3.8, 4) is 0 Å². The molecular formula is C24H21N5O4S2. The number of nitrogens with zero attached hydrogens (tertiary/aromatic N) is 2. The van der Waals surface area contributed by atoms with E-state index in [2.05, 4.69) is 25.6 Å². The van der Waals surface area contributed by atoms with Crippen molar-refractivity contribution >= 4 is 44.0 Å². The van der Waals surface area contributed by atoms with Crippen molar-refractivity contribution < 1.29 is 18.0 Å². The van der Waals surface area contributed by atoms with Crippen LogP contribution in [0.4, 0.5) is 10.8 Å². The van der Waals surface area contributed by atoms with Gasteiger partial charge in [-0.05, 0) is 36.8 Å². The molecule has 0 unspecified atom stereocenters. The number of para-hydroxylation sites is 1. The first-order valence-electron chi connectivity index (χ1n) is 10.5. The molecule has 35 heavy (non-hydrogen) atoms. The average molecular weight is 508 g/mol. The van der Waals surface area contributed by atoms with Gasteiger partial charge in [-0.1, -0.05) is 71.5 Å². The minimum atomic E-state index is -4.16. The molecule has 0 aliphatic rings. The minimum Gasteiger partial charge on any atom is -0.348 e. The van der Waals surface area contributed by atoms with Crippen molar-refractivity contribution in [2.75, 3.05) is 10.0 Å². The highest BCUT2D eigenvalue weighted by atomic mass is 32.2. The van der Waals surface area contributed by atoms with Crippen LogP contribution in [0.3, 0.4) is 0 Å². The van der Waals surface area contributed by atoms with Crippen molar-refractivity contribution in [1.82, 2.24) is 15.5 Å². The van der Waals surface area contributed by atoms with E-state index in [9.17, 15) is 18.0 Å². The van der Waals surface area contributed by atoms with E-state index in [4.69, 9.17) is 0 Å². The Balaban J connectivity index is 1.46. The Morgan fingerprint density at radius 3 is 2.29 bits per heavy atom. The number of carbonyl (C=O) groups is 2. The quantitative estimate of drug-likeness (QED) is 0.311. The zero-order valence-corrected chi connectivity index (χ0v) is 20.2. The van der Waals surface area contributed by atoms with Crippen LogP contribution in [0.25, 0.3) is 0 Å². The number of nitrogens with one attached hydrogen (secondary N) is 3. The molecule has 0 bridgehead atoms. The SMILES string of the molecule is Cc1ccc(C(=O)Nc2nnc(S(=O)(=O)Nc3ccccc3C(=O)NCc3ccccc3)s2)cc1. The molecule has 178 valence electrons. The lowest BCUT2D eigenvalue weighted by atomic mass is 10.1. The highest BCUT2D eigenvalue weighted by Gasteiger charge is 2.23. The van der Waals surface area contributed by atoms with Crippen LogP contribution in [0.5, 0.6) is 0 Å². The molecule has 0 aliphatic carbocycles. The lowest BCUT2D eigenvalue weighted by Gasteiger charge is -2.11. The van der Waals surface area contributed by atoms with E-state index in [1.54, 1.807) is 36.4 Å². The van der Waals surface area contributed by atoms with Crippen LogP contribution >= 0.6 is 11.3 Å². The zero-order chi connectivity index (χ0) is 24.8. The molecule has 0 saturated heterocycles. The van der Waals surface area contributed by atoms with Gasteiger partial charge in [-0.3, -0.25) is 19.6 Å². The molecule has 0 radical (unpaired) electrons. The van der Waals surface area contributed by atoms with Gasteiger partial charge in [0, 0.05) is 12.1 Å². The molecule has 2 amide bonds. The van der Waals surface area contributed by atoms with Gasteiger partial charge in [-0.2, -0.15) is 8.42 Å². The molecule has 0 atom stereocenters. The van der Waals surface area contributed by atoms with Crippen LogP contribution < -0.4 is 15.4 Å². The first-order valence-corrected chi connectivity index (χ1v) is 12.8. The molecule has 0 fully saturated rings. The summed E-state index contributed by atoms with van der Waals surface area (Å²) in [7, 11) is -4.16. The van der Waals surface area contributed by atoms with Crippen molar-refractivity contribution in [3.05, 3.63) is 101 Å². The fourth-order valence-electron chi connectivity index (χ4n) is 3.08. The standard InChI is InChI=1S/C24H21N5O4S2/c1-16-11-13-18(14-12-16)21(30)26-23-27-28-24(34-23)35(32,33)29-20-10-6-5-9-19(20)22(31)25-15-17-7-3-2-4-8-17/h2-14,29H,15H2,1H3,(H,25,31)(H,26,27,30). The highest BCUT2D eigenvalue weighted by Crippen LogP contribution is 2.25. The van der Waals surface area contributed by atoms with Gasteiger partial charge in [-0.15, -0.1) is 10.2 Å². The van der Waals surface area contributed by atoms with Crippen molar-refractivity contribution in [1.29, 1.82) is 0 Å². The van der Waals surface area contributed by atoms with Crippen molar-refractivity contribution in [3.63, 3.8) is 0 Å². The second-order valence-electron chi connectivity index (χ2n) is 7.51. The maximum absolute atomic E-state index is 12.9. The summed E-state index contributed by atoms with van der Waals surface area (Å²) in [5.41, 5.74) is 2.57. The smallest absolute Gasteiger partial charge is 0.291 e. The largest absolute Gasteiger partial charge is 0.348 e. The van der Waals surface area contributed by atoms with E-state index < -0.39 is 21.8 Å². The maximum atomic E-state index is 12.9. The van der Waals surface area contributed by atoms with Crippen LogP contribution in [-0.4, -0.2) is 30.4 Å². The van der Waals surface area contributed by atoms with Gasteiger partial charge >= 0.3 is 0 Å². The van der Waals surface area contributed by atoms with Gasteiger partial charge in [0.25, 0.3) is 26.2 Å². The topological polar surface area (TPSA) is 130 Å². The summed E-state index contributed by atoms with van der Waals surface area (Å²) >= 11 is 0.702. The number of rotatable bonds is 8. The third-order valence-electron chi connectivity index (χ3n) is 4.88. The van der Waals surface area contributed by atoms with Crippen LogP contribution in [-0.2, 0) is 16.6 Å². The minimum absolute atomic E-state index is 0.0323. The summed E-state index contributed by atoms with van der Waals surface area (Å²) in [5, 5.41) is 12.8. The summed E-state index contributed by atoms with van der Waals surface area (Å²) in [6.45, 7) is 2.20. The summed E-state index contributed by atoms with van der Waals surface area (Å²) in [5.74, 6) is -0.867. The van der Waals surface area contributed by atoms with Gasteiger partial charge in [0.15, 0.2) is 0 Å². The Morgan fingerprint density at radius 1 is 0.857 bits per heavy atom. The normalized spacial score (nSPS) is 11.0. The molecule has 0 spiro atoms. The number of anilines is 2. The number of aromatic nitrogens is 2. The molecular weight excluding hydrogens is 486 g/mol. The number of sulfonamides is 1. The van der Waals surface area contributed by atoms with E-state index in [1.165, 1.54) is 12.1 Å². The molecule has 3 N–H and O–H groups in total. The third-order valence-corrected chi connectivity index (χ3v) is 7.45. The van der Waals surface area contributed by atoms with Crippen LogP contribution in [0.1, 0.15) is 31.8 Å². The first kappa shape index (κ1) is 24.0. The second-order valence-corrected chi connectivity index (χ2v) is 10.3.